The Labute approximate surface area is 231 Å². The Bertz CT molecular complexity index is 2090. The van der Waals surface area contributed by atoms with Crippen molar-refractivity contribution in [1.82, 2.24) is 4.57 Å². The summed E-state index contributed by atoms with van der Waals surface area (Å²) in [5.41, 5.74) is 8.90. The second-order valence-electron chi connectivity index (χ2n) is 10.2. The Kier molecular flexibility index (Phi) is 5.14. The van der Waals surface area contributed by atoms with Crippen molar-refractivity contribution in [1.29, 1.82) is 0 Å². The quantitative estimate of drug-likeness (QED) is 0.220. The highest BCUT2D eigenvalue weighted by molar-refractivity contribution is 7.25. The molecule has 8 rings (SSSR count). The van der Waals surface area contributed by atoms with Crippen LogP contribution >= 0.6 is 11.3 Å². The van der Waals surface area contributed by atoms with Gasteiger partial charge in [0, 0.05) is 36.6 Å². The highest BCUT2D eigenvalue weighted by Gasteiger charge is 2.13. The number of hydrogen-bond acceptors (Lipinski definition) is 1. The van der Waals surface area contributed by atoms with Gasteiger partial charge < -0.3 is 4.57 Å². The molecule has 0 aliphatic carbocycles. The van der Waals surface area contributed by atoms with Crippen LogP contribution in [0.15, 0.2) is 140 Å². The van der Waals surface area contributed by atoms with E-state index in [0.717, 1.165) is 6.42 Å². The van der Waals surface area contributed by atoms with Gasteiger partial charge in [-0.05, 0) is 71.1 Å². The van der Waals surface area contributed by atoms with Gasteiger partial charge in [0.05, 0.1) is 11.0 Å². The normalized spacial score (nSPS) is 11.7. The first kappa shape index (κ1) is 22.3. The van der Waals surface area contributed by atoms with Gasteiger partial charge in [-0.25, -0.2) is 0 Å². The number of fused-ring (bicyclic) bond motifs is 6. The largest absolute Gasteiger partial charge is 0.309 e. The minimum Gasteiger partial charge on any atom is -0.309 e. The van der Waals surface area contributed by atoms with Gasteiger partial charge in [0.15, 0.2) is 0 Å². The van der Waals surface area contributed by atoms with Gasteiger partial charge in [0.1, 0.15) is 0 Å². The van der Waals surface area contributed by atoms with Crippen LogP contribution in [0.3, 0.4) is 0 Å². The maximum atomic E-state index is 2.39. The second-order valence-corrected chi connectivity index (χ2v) is 11.3. The second kappa shape index (κ2) is 8.97. The molecule has 8 aromatic rings. The van der Waals surface area contributed by atoms with Crippen molar-refractivity contribution in [2.24, 2.45) is 0 Å². The van der Waals surface area contributed by atoms with Gasteiger partial charge in [-0.1, -0.05) is 97.1 Å². The van der Waals surface area contributed by atoms with E-state index in [1.54, 1.807) is 0 Å². The van der Waals surface area contributed by atoms with Crippen molar-refractivity contribution >= 4 is 53.3 Å². The summed E-state index contributed by atoms with van der Waals surface area (Å²) >= 11 is 1.88. The SMILES string of the molecule is c1ccc(-c2ccc(-n3c4ccccc4c4ccccc43)cc2)c(Cc2ccc3sc4ccccc4c3c2)c1. The van der Waals surface area contributed by atoms with Gasteiger partial charge in [0.2, 0.25) is 0 Å². The van der Waals surface area contributed by atoms with E-state index in [9.17, 15) is 0 Å². The Morgan fingerprint density at radius 3 is 1.87 bits per heavy atom. The molecule has 0 fully saturated rings. The zero-order valence-electron chi connectivity index (χ0n) is 21.3. The summed E-state index contributed by atoms with van der Waals surface area (Å²) in [4.78, 5) is 0. The minimum atomic E-state index is 0.908. The molecule has 0 bridgehead atoms. The van der Waals surface area contributed by atoms with E-state index in [4.69, 9.17) is 0 Å². The van der Waals surface area contributed by atoms with Crippen LogP contribution in [0, 0.1) is 0 Å². The van der Waals surface area contributed by atoms with E-state index in [2.05, 4.69) is 144 Å². The van der Waals surface area contributed by atoms with E-state index in [0.29, 0.717) is 0 Å². The van der Waals surface area contributed by atoms with Crippen LogP contribution in [0.2, 0.25) is 0 Å². The van der Waals surface area contributed by atoms with Gasteiger partial charge in [0.25, 0.3) is 0 Å². The lowest BCUT2D eigenvalue weighted by Crippen LogP contribution is -1.95. The molecule has 2 heteroatoms. The zero-order valence-corrected chi connectivity index (χ0v) is 22.2. The summed E-state index contributed by atoms with van der Waals surface area (Å²) in [7, 11) is 0. The molecule has 2 heterocycles. The van der Waals surface area contributed by atoms with Gasteiger partial charge in [-0.15, -0.1) is 11.3 Å². The molecule has 0 amide bonds. The Morgan fingerprint density at radius 2 is 1.10 bits per heavy atom. The molecule has 0 aliphatic rings. The average molecular weight is 516 g/mol. The van der Waals surface area contributed by atoms with E-state index >= 15 is 0 Å². The van der Waals surface area contributed by atoms with E-state index in [1.165, 1.54) is 69.9 Å². The van der Waals surface area contributed by atoms with Crippen molar-refractivity contribution in [2.45, 2.75) is 6.42 Å². The molecule has 0 unspecified atom stereocenters. The number of nitrogens with zero attached hydrogens (tertiary/aromatic N) is 1. The fraction of sp³-hybridized carbons (Fsp3) is 0.0270. The highest BCUT2D eigenvalue weighted by Crippen LogP contribution is 2.36. The Morgan fingerprint density at radius 1 is 0.487 bits per heavy atom. The van der Waals surface area contributed by atoms with Gasteiger partial charge in [-0.2, -0.15) is 0 Å². The van der Waals surface area contributed by atoms with Crippen LogP contribution in [-0.4, -0.2) is 4.57 Å². The first-order valence-corrected chi connectivity index (χ1v) is 14.2. The smallest absolute Gasteiger partial charge is 0.0541 e. The fourth-order valence-electron chi connectivity index (χ4n) is 6.05. The summed E-state index contributed by atoms with van der Waals surface area (Å²) in [6.07, 6.45) is 0.908. The lowest BCUT2D eigenvalue weighted by atomic mass is 9.94. The van der Waals surface area contributed by atoms with Crippen LogP contribution in [0.4, 0.5) is 0 Å². The molecule has 39 heavy (non-hydrogen) atoms. The lowest BCUT2D eigenvalue weighted by molar-refractivity contribution is 1.18. The van der Waals surface area contributed by atoms with Crippen LogP contribution < -0.4 is 0 Å². The van der Waals surface area contributed by atoms with E-state index in [1.807, 2.05) is 11.3 Å². The first-order chi connectivity index (χ1) is 19.3. The Balaban J connectivity index is 1.18. The summed E-state index contributed by atoms with van der Waals surface area (Å²) in [6.45, 7) is 0. The number of rotatable bonds is 4. The lowest BCUT2D eigenvalue weighted by Gasteiger charge is -2.12. The predicted octanol–water partition coefficient (Wildman–Crippen LogP) is 10.4. The molecule has 184 valence electrons. The third-order valence-electron chi connectivity index (χ3n) is 7.87. The molecule has 0 atom stereocenters. The molecule has 0 spiro atoms. The van der Waals surface area contributed by atoms with Crippen LogP contribution in [-0.2, 0) is 6.42 Å². The van der Waals surface area contributed by atoms with E-state index < -0.39 is 0 Å². The van der Waals surface area contributed by atoms with Crippen molar-refractivity contribution in [2.75, 3.05) is 0 Å². The average Bonchev–Trinajstić information content (AvgIpc) is 3.53. The number of thiophene rings is 1. The minimum absolute atomic E-state index is 0.908. The molecule has 0 N–H and O–H groups in total. The number of benzene rings is 6. The summed E-state index contributed by atoms with van der Waals surface area (Å²) in [5.74, 6) is 0. The topological polar surface area (TPSA) is 4.93 Å². The molecule has 1 nitrogen and oxygen atoms in total. The molecule has 2 aromatic heterocycles. The maximum absolute atomic E-state index is 2.39. The number of hydrogen-bond donors (Lipinski definition) is 0. The monoisotopic (exact) mass is 515 g/mol. The third kappa shape index (κ3) is 3.68. The fourth-order valence-corrected chi connectivity index (χ4v) is 7.14. The third-order valence-corrected chi connectivity index (χ3v) is 9.02. The van der Waals surface area contributed by atoms with Crippen molar-refractivity contribution in [3.05, 3.63) is 151 Å². The summed E-state index contributed by atoms with van der Waals surface area (Å²) in [6, 6.07) is 50.9. The standard InChI is InChI=1S/C37H25NS/c1-2-10-29(27(9-1)23-25-17-22-37-33(24-25)32-13-5-8-16-36(32)39-37)26-18-20-28(21-19-26)38-34-14-6-3-11-30(34)31-12-4-7-15-35(31)38/h1-22,24H,23H2. The molecular weight excluding hydrogens is 490 g/mol. The van der Waals surface area contributed by atoms with Crippen molar-refractivity contribution in [3.63, 3.8) is 0 Å². The summed E-state index contributed by atoms with van der Waals surface area (Å²) < 4.78 is 5.09. The molecule has 6 aromatic carbocycles. The van der Waals surface area contributed by atoms with Crippen molar-refractivity contribution < 1.29 is 0 Å². The first-order valence-electron chi connectivity index (χ1n) is 13.4. The molecule has 0 saturated heterocycles. The van der Waals surface area contributed by atoms with Gasteiger partial charge >= 0.3 is 0 Å². The van der Waals surface area contributed by atoms with Gasteiger partial charge in [-0.3, -0.25) is 0 Å². The number of aromatic nitrogens is 1. The molecule has 0 aliphatic heterocycles. The van der Waals surface area contributed by atoms with Crippen molar-refractivity contribution in [3.8, 4) is 16.8 Å². The van der Waals surface area contributed by atoms with Crippen LogP contribution in [0.1, 0.15) is 11.1 Å². The molecule has 0 radical (unpaired) electrons. The zero-order chi connectivity index (χ0) is 25.8. The molecular formula is C37H25NS. The van der Waals surface area contributed by atoms with Crippen LogP contribution in [0.25, 0.3) is 58.8 Å². The van der Waals surface area contributed by atoms with Crippen LogP contribution in [0.5, 0.6) is 0 Å². The Hall–Kier alpha value is -4.66. The predicted molar refractivity (Wildman–Crippen MR) is 168 cm³/mol. The van der Waals surface area contributed by atoms with E-state index in [-0.39, 0.29) is 0 Å². The highest BCUT2D eigenvalue weighted by atomic mass is 32.1. The molecule has 0 saturated carbocycles. The number of para-hydroxylation sites is 2. The summed E-state index contributed by atoms with van der Waals surface area (Å²) in [5, 5.41) is 5.30. The maximum Gasteiger partial charge on any atom is 0.0541 e.